The lowest BCUT2D eigenvalue weighted by Crippen LogP contribution is -2.66. The minimum absolute atomic E-state index is 0.0998. The highest BCUT2D eigenvalue weighted by Crippen LogP contribution is 2.34. The van der Waals surface area contributed by atoms with Crippen LogP contribution in [0.3, 0.4) is 0 Å². The fourth-order valence-electron chi connectivity index (χ4n) is 5.40. The summed E-state index contributed by atoms with van der Waals surface area (Å²) in [7, 11) is 0. The van der Waals surface area contributed by atoms with Gasteiger partial charge in [0.15, 0.2) is 25.2 Å². The Labute approximate surface area is 240 Å². The zero-order chi connectivity index (χ0) is 31.0. The van der Waals surface area contributed by atoms with Gasteiger partial charge in [-0.15, -0.1) is 0 Å². The Kier molecular flexibility index (Phi) is 11.5. The van der Waals surface area contributed by atoms with Crippen molar-refractivity contribution in [1.29, 1.82) is 0 Å². The monoisotopic (exact) mass is 618 g/mol. The lowest BCUT2D eigenvalue weighted by molar-refractivity contribution is -0.383. The minimum atomic E-state index is -1.85. The molecule has 0 aromatic heterocycles. The first-order valence-corrected chi connectivity index (χ1v) is 13.7. The van der Waals surface area contributed by atoms with E-state index in [-0.39, 0.29) is 6.42 Å². The number of ether oxygens (including phenoxy) is 7. The van der Waals surface area contributed by atoms with E-state index in [4.69, 9.17) is 33.2 Å². The van der Waals surface area contributed by atoms with E-state index in [9.17, 15) is 56.2 Å². The van der Waals surface area contributed by atoms with E-state index in [1.54, 1.807) is 0 Å². The lowest BCUT2D eigenvalue weighted by Gasteiger charge is -2.48. The molecular weight excluding hydrogens is 576 g/mol. The smallest absolute Gasteiger partial charge is 0.187 e. The Morgan fingerprint density at radius 2 is 1.05 bits per heavy atom. The third-order valence-corrected chi connectivity index (χ3v) is 8.00. The van der Waals surface area contributed by atoms with Crippen molar-refractivity contribution in [3.63, 3.8) is 0 Å². The molecule has 19 atom stereocenters. The molecule has 0 aromatic carbocycles. The first kappa shape index (κ1) is 34.2. The standard InChI is InChI=1S/C24H42O18/c1-6-8(27)3-9(28)22(36-6)42-20-12(29)10(4-25)39-24(17(20)34)40-18-7(2)37-23(16(33)14(18)31)41-19-11(5-26)38-21(35)15(32)13(19)30/h6-35H,3-5H2,1-2H3/t6-,7+,8+,9+,10-,11-,12-,13-,14+,15-,16-,17+,18+,19+,20+,21?,22-,23-,24-/m1/s1. The molecule has 0 spiro atoms. The summed E-state index contributed by atoms with van der Waals surface area (Å²) in [6.07, 6.45) is -28.4. The number of aliphatic hydroxyl groups excluding tert-OH is 11. The van der Waals surface area contributed by atoms with Crippen molar-refractivity contribution < 1.29 is 89.3 Å². The van der Waals surface area contributed by atoms with Crippen LogP contribution < -0.4 is 0 Å². The molecule has 18 nitrogen and oxygen atoms in total. The summed E-state index contributed by atoms with van der Waals surface area (Å²) in [5.74, 6) is 0. The molecular formula is C24H42O18. The predicted octanol–water partition coefficient (Wildman–Crippen LogP) is -6.66. The highest BCUT2D eigenvalue weighted by Gasteiger charge is 2.53. The normalized spacial score (nSPS) is 54.1. The maximum atomic E-state index is 11.0. The van der Waals surface area contributed by atoms with E-state index in [0.717, 1.165) is 0 Å². The summed E-state index contributed by atoms with van der Waals surface area (Å²) in [6, 6.07) is 0. The van der Waals surface area contributed by atoms with Gasteiger partial charge in [0, 0.05) is 6.42 Å². The predicted molar refractivity (Wildman–Crippen MR) is 130 cm³/mol. The van der Waals surface area contributed by atoms with Crippen LogP contribution in [0.1, 0.15) is 20.3 Å². The molecule has 11 N–H and O–H groups in total. The second-order valence-electron chi connectivity index (χ2n) is 11.0. The first-order chi connectivity index (χ1) is 19.8. The molecule has 4 aliphatic heterocycles. The average molecular weight is 619 g/mol. The fourth-order valence-corrected chi connectivity index (χ4v) is 5.40. The highest BCUT2D eigenvalue weighted by molar-refractivity contribution is 4.96. The Bertz CT molecular complexity index is 852. The van der Waals surface area contributed by atoms with Gasteiger partial charge >= 0.3 is 0 Å². The molecule has 0 saturated carbocycles. The van der Waals surface area contributed by atoms with Crippen LogP contribution in [-0.4, -0.2) is 186 Å². The van der Waals surface area contributed by atoms with Crippen LogP contribution in [0.2, 0.25) is 0 Å². The number of rotatable bonds is 8. The number of aliphatic hydroxyl groups is 11. The van der Waals surface area contributed by atoms with Gasteiger partial charge in [0.05, 0.1) is 31.5 Å². The molecule has 4 aliphatic rings. The minimum Gasteiger partial charge on any atom is -0.394 e. The summed E-state index contributed by atoms with van der Waals surface area (Å²) < 4.78 is 38.5. The summed E-state index contributed by atoms with van der Waals surface area (Å²) >= 11 is 0. The first-order valence-electron chi connectivity index (χ1n) is 13.7. The van der Waals surface area contributed by atoms with Gasteiger partial charge in [-0.25, -0.2) is 0 Å². The largest absolute Gasteiger partial charge is 0.394 e. The number of hydrogen-bond donors (Lipinski definition) is 11. The van der Waals surface area contributed by atoms with Gasteiger partial charge in [0.1, 0.15) is 73.2 Å². The van der Waals surface area contributed by atoms with Crippen molar-refractivity contribution >= 4 is 0 Å². The van der Waals surface area contributed by atoms with Gasteiger partial charge in [0.25, 0.3) is 0 Å². The van der Waals surface area contributed by atoms with Gasteiger partial charge in [-0.1, -0.05) is 0 Å². The molecule has 0 bridgehead atoms. The Hall–Kier alpha value is -0.720. The fraction of sp³-hybridized carbons (Fsp3) is 1.00. The SMILES string of the molecule is C[C@@H]1O[C@H](O[C@@H]2[C@H](O)[C@@H](O)C(O)O[C@@H]2CO)[C@H](O)[C@H](O)[C@H]1O[C@H]1O[C@H](CO)[C@@H](O)[C@H](O[C@H]2O[C@H](C)[C@@H](O)C[C@@H]2O)[C@@H]1O. The van der Waals surface area contributed by atoms with E-state index in [1.807, 2.05) is 0 Å². The molecule has 0 radical (unpaired) electrons. The second-order valence-corrected chi connectivity index (χ2v) is 11.0. The van der Waals surface area contributed by atoms with E-state index in [0.29, 0.717) is 0 Å². The summed E-state index contributed by atoms with van der Waals surface area (Å²) in [5.41, 5.74) is 0. The number of hydrogen-bond acceptors (Lipinski definition) is 18. The zero-order valence-corrected chi connectivity index (χ0v) is 22.9. The van der Waals surface area contributed by atoms with Crippen LogP contribution in [0.25, 0.3) is 0 Å². The van der Waals surface area contributed by atoms with Crippen molar-refractivity contribution in [3.8, 4) is 0 Å². The van der Waals surface area contributed by atoms with Crippen LogP contribution in [0.4, 0.5) is 0 Å². The molecule has 42 heavy (non-hydrogen) atoms. The molecule has 0 aliphatic carbocycles. The van der Waals surface area contributed by atoms with E-state index < -0.39 is 130 Å². The van der Waals surface area contributed by atoms with Crippen LogP contribution in [-0.2, 0) is 33.2 Å². The van der Waals surface area contributed by atoms with Gasteiger partial charge in [-0.05, 0) is 13.8 Å². The quantitative estimate of drug-likeness (QED) is 0.120. The van der Waals surface area contributed by atoms with Crippen molar-refractivity contribution in [2.24, 2.45) is 0 Å². The van der Waals surface area contributed by atoms with E-state index >= 15 is 0 Å². The van der Waals surface area contributed by atoms with E-state index in [1.165, 1.54) is 13.8 Å². The molecule has 4 saturated heterocycles. The highest BCUT2D eigenvalue weighted by atomic mass is 16.8. The zero-order valence-electron chi connectivity index (χ0n) is 22.9. The summed E-state index contributed by atoms with van der Waals surface area (Å²) in [5, 5.41) is 113. The lowest BCUT2D eigenvalue weighted by atomic mass is 9.96. The molecule has 4 heterocycles. The van der Waals surface area contributed by atoms with Crippen LogP contribution >= 0.6 is 0 Å². The van der Waals surface area contributed by atoms with Crippen molar-refractivity contribution in [2.45, 2.75) is 137 Å². The second kappa shape index (κ2) is 14.1. The van der Waals surface area contributed by atoms with Crippen molar-refractivity contribution in [3.05, 3.63) is 0 Å². The van der Waals surface area contributed by atoms with Crippen LogP contribution in [0, 0.1) is 0 Å². The Morgan fingerprint density at radius 3 is 1.69 bits per heavy atom. The van der Waals surface area contributed by atoms with Crippen molar-refractivity contribution in [2.75, 3.05) is 13.2 Å². The van der Waals surface area contributed by atoms with Crippen LogP contribution in [0.15, 0.2) is 0 Å². The molecule has 0 amide bonds. The Morgan fingerprint density at radius 1 is 0.500 bits per heavy atom. The molecule has 1 unspecified atom stereocenters. The third kappa shape index (κ3) is 6.91. The topological polar surface area (TPSA) is 287 Å². The van der Waals surface area contributed by atoms with Crippen LogP contribution in [0.5, 0.6) is 0 Å². The maximum Gasteiger partial charge on any atom is 0.187 e. The molecule has 18 heteroatoms. The molecule has 4 fully saturated rings. The van der Waals surface area contributed by atoms with E-state index in [2.05, 4.69) is 0 Å². The Balaban J connectivity index is 1.43. The van der Waals surface area contributed by atoms with Crippen molar-refractivity contribution in [1.82, 2.24) is 0 Å². The molecule has 246 valence electrons. The van der Waals surface area contributed by atoms with Gasteiger partial charge in [-0.2, -0.15) is 0 Å². The maximum absolute atomic E-state index is 11.0. The molecule has 0 aromatic rings. The van der Waals surface area contributed by atoms with Gasteiger partial charge < -0.3 is 89.3 Å². The van der Waals surface area contributed by atoms with Gasteiger partial charge in [0.2, 0.25) is 0 Å². The average Bonchev–Trinajstić information content (AvgIpc) is 2.95. The summed E-state index contributed by atoms with van der Waals surface area (Å²) in [6.45, 7) is 1.47. The van der Waals surface area contributed by atoms with Gasteiger partial charge in [-0.3, -0.25) is 0 Å². The summed E-state index contributed by atoms with van der Waals surface area (Å²) in [4.78, 5) is 0. The third-order valence-electron chi connectivity index (χ3n) is 8.00. The molecule has 4 rings (SSSR count).